The van der Waals surface area contributed by atoms with Crippen LogP contribution in [0.4, 0.5) is 4.79 Å². The van der Waals surface area contributed by atoms with E-state index in [4.69, 9.17) is 4.74 Å². The third kappa shape index (κ3) is 5.15. The lowest BCUT2D eigenvalue weighted by molar-refractivity contribution is 0.225. The second-order valence-corrected chi connectivity index (χ2v) is 6.58. The molecule has 0 unspecified atom stereocenters. The van der Waals surface area contributed by atoms with Crippen LogP contribution >= 0.6 is 0 Å². The van der Waals surface area contributed by atoms with Gasteiger partial charge in [0.25, 0.3) is 0 Å². The van der Waals surface area contributed by atoms with Crippen LogP contribution in [0.25, 0.3) is 0 Å². The number of urea groups is 1. The van der Waals surface area contributed by atoms with Crippen molar-refractivity contribution in [2.75, 3.05) is 7.11 Å². The van der Waals surface area contributed by atoms with Crippen LogP contribution in [0.5, 0.6) is 5.75 Å². The summed E-state index contributed by atoms with van der Waals surface area (Å²) in [7, 11) is 1.67. The summed E-state index contributed by atoms with van der Waals surface area (Å²) in [5.41, 5.74) is 2.17. The van der Waals surface area contributed by atoms with Crippen molar-refractivity contribution in [2.45, 2.75) is 65.0 Å². The Bertz CT molecular complexity index is 508. The molecule has 128 valence electrons. The maximum Gasteiger partial charge on any atom is 0.315 e. The molecular formula is C19H30N2O2. The zero-order chi connectivity index (χ0) is 16.7. The highest BCUT2D eigenvalue weighted by atomic mass is 16.5. The van der Waals surface area contributed by atoms with Gasteiger partial charge in [-0.25, -0.2) is 4.79 Å². The van der Waals surface area contributed by atoms with E-state index in [1.165, 1.54) is 25.7 Å². The van der Waals surface area contributed by atoms with Gasteiger partial charge in [0.1, 0.15) is 5.75 Å². The molecule has 4 nitrogen and oxygen atoms in total. The summed E-state index contributed by atoms with van der Waals surface area (Å²) in [5.74, 6) is 1.72. The molecule has 0 heterocycles. The zero-order valence-corrected chi connectivity index (χ0v) is 14.7. The van der Waals surface area contributed by atoms with Gasteiger partial charge in [0, 0.05) is 12.6 Å². The van der Waals surface area contributed by atoms with Crippen molar-refractivity contribution >= 4 is 6.03 Å². The lowest BCUT2D eigenvalue weighted by atomic mass is 9.83. The minimum atomic E-state index is -0.0637. The van der Waals surface area contributed by atoms with Crippen molar-refractivity contribution in [3.63, 3.8) is 0 Å². The lowest BCUT2D eigenvalue weighted by Gasteiger charge is -2.29. The van der Waals surface area contributed by atoms with Crippen molar-refractivity contribution in [3.8, 4) is 5.75 Å². The van der Waals surface area contributed by atoms with E-state index in [9.17, 15) is 4.79 Å². The van der Waals surface area contributed by atoms with Gasteiger partial charge in [-0.2, -0.15) is 0 Å². The Labute approximate surface area is 140 Å². The molecule has 2 rings (SSSR count). The predicted octanol–water partition coefficient (Wildman–Crippen LogP) is 4.16. The van der Waals surface area contributed by atoms with E-state index < -0.39 is 0 Å². The van der Waals surface area contributed by atoms with Crippen LogP contribution in [-0.4, -0.2) is 19.2 Å². The van der Waals surface area contributed by atoms with Crippen molar-refractivity contribution in [3.05, 3.63) is 29.3 Å². The maximum atomic E-state index is 12.1. The van der Waals surface area contributed by atoms with Crippen LogP contribution in [0.1, 0.15) is 56.6 Å². The van der Waals surface area contributed by atoms with Gasteiger partial charge in [-0.05, 0) is 55.7 Å². The highest BCUT2D eigenvalue weighted by molar-refractivity contribution is 5.74. The first-order valence-corrected chi connectivity index (χ1v) is 8.80. The second kappa shape index (κ2) is 8.80. The molecule has 0 bridgehead atoms. The van der Waals surface area contributed by atoms with Gasteiger partial charge in [-0.1, -0.05) is 31.9 Å². The Morgan fingerprint density at radius 3 is 2.65 bits per heavy atom. The van der Waals surface area contributed by atoms with Crippen molar-refractivity contribution in [2.24, 2.45) is 5.92 Å². The molecule has 2 amide bonds. The van der Waals surface area contributed by atoms with Crippen molar-refractivity contribution < 1.29 is 9.53 Å². The number of methoxy groups -OCH3 is 1. The molecular weight excluding hydrogens is 288 g/mol. The molecule has 1 aliphatic carbocycles. The fourth-order valence-electron chi connectivity index (χ4n) is 3.49. The Kier molecular flexibility index (Phi) is 6.75. The highest BCUT2D eigenvalue weighted by Crippen LogP contribution is 2.27. The zero-order valence-electron chi connectivity index (χ0n) is 14.7. The van der Waals surface area contributed by atoms with Gasteiger partial charge in [-0.3, -0.25) is 0 Å². The molecule has 1 aromatic rings. The van der Waals surface area contributed by atoms with E-state index >= 15 is 0 Å². The third-order valence-corrected chi connectivity index (χ3v) is 4.93. The topological polar surface area (TPSA) is 50.4 Å². The Balaban J connectivity index is 1.76. The fraction of sp³-hybridized carbons (Fsp3) is 0.632. The normalized spacial score (nSPS) is 20.8. The third-order valence-electron chi connectivity index (χ3n) is 4.93. The van der Waals surface area contributed by atoms with Gasteiger partial charge in [0.2, 0.25) is 0 Å². The van der Waals surface area contributed by atoms with E-state index in [0.29, 0.717) is 12.6 Å². The number of amides is 2. The van der Waals surface area contributed by atoms with Gasteiger partial charge < -0.3 is 15.4 Å². The Morgan fingerprint density at radius 1 is 1.26 bits per heavy atom. The number of ether oxygens (including phenoxy) is 1. The largest absolute Gasteiger partial charge is 0.496 e. The van der Waals surface area contributed by atoms with Crippen molar-refractivity contribution in [1.82, 2.24) is 10.6 Å². The molecule has 0 aromatic heterocycles. The van der Waals surface area contributed by atoms with Gasteiger partial charge in [0.15, 0.2) is 0 Å². The Hall–Kier alpha value is -1.71. The van der Waals surface area contributed by atoms with Gasteiger partial charge >= 0.3 is 6.03 Å². The monoisotopic (exact) mass is 318 g/mol. The molecule has 1 aromatic carbocycles. The number of carbonyl (C=O) groups is 1. The average Bonchev–Trinajstić information content (AvgIpc) is 2.56. The minimum absolute atomic E-state index is 0.0637. The summed E-state index contributed by atoms with van der Waals surface area (Å²) in [6, 6.07) is 6.18. The summed E-state index contributed by atoms with van der Waals surface area (Å²) in [6.45, 7) is 4.79. The van der Waals surface area contributed by atoms with Crippen LogP contribution in [0.2, 0.25) is 0 Å². The van der Waals surface area contributed by atoms with E-state index in [1.807, 2.05) is 25.1 Å². The average molecular weight is 318 g/mol. The molecule has 2 N–H and O–H groups in total. The fourth-order valence-corrected chi connectivity index (χ4v) is 3.49. The molecule has 1 saturated carbocycles. The first-order valence-electron chi connectivity index (χ1n) is 8.80. The van der Waals surface area contributed by atoms with E-state index in [1.54, 1.807) is 7.11 Å². The summed E-state index contributed by atoms with van der Waals surface area (Å²) >= 11 is 0. The molecule has 0 atom stereocenters. The molecule has 0 radical (unpaired) electrons. The SMILES string of the molecule is CCCC1CCC(NC(=O)NCc2cccc(OC)c2C)CC1. The number of hydrogen-bond acceptors (Lipinski definition) is 2. The summed E-state index contributed by atoms with van der Waals surface area (Å²) in [4.78, 5) is 12.1. The van der Waals surface area contributed by atoms with Crippen LogP contribution in [0.3, 0.4) is 0 Å². The number of hydrogen-bond donors (Lipinski definition) is 2. The molecule has 0 aliphatic heterocycles. The molecule has 1 aliphatic rings. The number of nitrogens with one attached hydrogen (secondary N) is 2. The number of carbonyl (C=O) groups excluding carboxylic acids is 1. The number of benzene rings is 1. The summed E-state index contributed by atoms with van der Waals surface area (Å²) in [5, 5.41) is 6.09. The van der Waals surface area contributed by atoms with E-state index in [2.05, 4.69) is 17.6 Å². The Morgan fingerprint density at radius 2 is 2.00 bits per heavy atom. The second-order valence-electron chi connectivity index (χ2n) is 6.58. The first kappa shape index (κ1) is 17.6. The molecule has 1 fully saturated rings. The summed E-state index contributed by atoms with van der Waals surface area (Å²) in [6.07, 6.45) is 7.30. The van der Waals surface area contributed by atoms with Gasteiger partial charge in [0.05, 0.1) is 7.11 Å². The van der Waals surface area contributed by atoms with Gasteiger partial charge in [-0.15, -0.1) is 0 Å². The summed E-state index contributed by atoms with van der Waals surface area (Å²) < 4.78 is 5.32. The quantitative estimate of drug-likeness (QED) is 0.827. The molecule has 4 heteroatoms. The van der Waals surface area contributed by atoms with Crippen LogP contribution in [0, 0.1) is 12.8 Å². The standard InChI is InChI=1S/C19H30N2O2/c1-4-6-15-9-11-17(12-10-15)21-19(22)20-13-16-7-5-8-18(23-3)14(16)2/h5,7-8,15,17H,4,6,9-13H2,1-3H3,(H2,20,21,22). The molecule has 0 spiro atoms. The lowest BCUT2D eigenvalue weighted by Crippen LogP contribution is -2.43. The van der Waals surface area contributed by atoms with E-state index in [0.717, 1.165) is 35.6 Å². The first-order chi connectivity index (χ1) is 11.1. The maximum absolute atomic E-state index is 12.1. The minimum Gasteiger partial charge on any atom is -0.496 e. The predicted molar refractivity (Wildman–Crippen MR) is 93.8 cm³/mol. The molecule has 23 heavy (non-hydrogen) atoms. The van der Waals surface area contributed by atoms with E-state index in [-0.39, 0.29) is 6.03 Å². The number of rotatable bonds is 6. The van der Waals surface area contributed by atoms with Crippen LogP contribution < -0.4 is 15.4 Å². The highest BCUT2D eigenvalue weighted by Gasteiger charge is 2.21. The van der Waals surface area contributed by atoms with Crippen LogP contribution in [-0.2, 0) is 6.54 Å². The molecule has 0 saturated heterocycles. The van der Waals surface area contributed by atoms with Crippen LogP contribution in [0.15, 0.2) is 18.2 Å². The van der Waals surface area contributed by atoms with Crippen molar-refractivity contribution in [1.29, 1.82) is 0 Å². The smallest absolute Gasteiger partial charge is 0.315 e.